The fraction of sp³-hybridized carbons (Fsp3) is 0.308. The van der Waals surface area contributed by atoms with Crippen molar-refractivity contribution in [3.63, 3.8) is 0 Å². The fourth-order valence-electron chi connectivity index (χ4n) is 4.79. The van der Waals surface area contributed by atoms with E-state index in [0.717, 1.165) is 12.0 Å². The third kappa shape index (κ3) is 5.30. The summed E-state index contributed by atoms with van der Waals surface area (Å²) in [7, 11) is 0. The molecule has 4 N–H and O–H groups in total. The van der Waals surface area contributed by atoms with Crippen molar-refractivity contribution in [2.24, 2.45) is 11.1 Å². The lowest BCUT2D eigenvalue weighted by Crippen LogP contribution is -2.50. The average Bonchev–Trinajstić information content (AvgIpc) is 3.29. The van der Waals surface area contributed by atoms with E-state index in [0.29, 0.717) is 24.9 Å². The summed E-state index contributed by atoms with van der Waals surface area (Å²) < 4.78 is 14.9. The normalized spacial score (nSPS) is 19.4. The van der Waals surface area contributed by atoms with Gasteiger partial charge in [-0.2, -0.15) is 10.4 Å². The van der Waals surface area contributed by atoms with Gasteiger partial charge < -0.3 is 21.1 Å². The first-order chi connectivity index (χ1) is 17.3. The summed E-state index contributed by atoms with van der Waals surface area (Å²) in [6.45, 7) is 0.263. The number of carbonyl (C=O) groups is 2. The highest BCUT2D eigenvalue weighted by molar-refractivity contribution is 5.98. The number of aryl methyl sites for hydroxylation is 1. The molecule has 2 atom stereocenters. The number of carbonyl (C=O) groups excluding carboxylic acids is 1. The summed E-state index contributed by atoms with van der Waals surface area (Å²) in [5.41, 5.74) is 6.31. The topological polar surface area (TPSA) is 137 Å². The Kier molecular flexibility index (Phi) is 7.20. The molecule has 1 saturated heterocycles. The Balaban J connectivity index is 1.64. The van der Waals surface area contributed by atoms with Crippen LogP contribution in [-0.4, -0.2) is 44.9 Å². The Morgan fingerprint density at radius 1 is 1.22 bits per heavy atom. The van der Waals surface area contributed by atoms with Crippen LogP contribution in [0.2, 0.25) is 0 Å². The quantitative estimate of drug-likeness (QED) is 0.430. The molecule has 10 heteroatoms. The van der Waals surface area contributed by atoms with Crippen molar-refractivity contribution < 1.29 is 19.1 Å². The van der Waals surface area contributed by atoms with Gasteiger partial charge in [0.15, 0.2) is 5.82 Å². The second-order valence-corrected chi connectivity index (χ2v) is 8.98. The van der Waals surface area contributed by atoms with E-state index in [1.165, 1.54) is 35.4 Å². The zero-order valence-corrected chi connectivity index (χ0v) is 19.6. The number of nitrogens with two attached hydrogens (primary N) is 1. The fourth-order valence-corrected chi connectivity index (χ4v) is 4.79. The van der Waals surface area contributed by atoms with E-state index in [1.807, 2.05) is 30.3 Å². The highest BCUT2D eigenvalue weighted by atomic mass is 19.1. The molecule has 0 spiro atoms. The van der Waals surface area contributed by atoms with Gasteiger partial charge in [-0.25, -0.2) is 9.18 Å². The Morgan fingerprint density at radius 3 is 2.58 bits per heavy atom. The number of halogens is 1. The molecule has 9 nitrogen and oxygen atoms in total. The molecule has 0 bridgehead atoms. The zero-order chi connectivity index (χ0) is 25.7. The maximum atomic E-state index is 13.3. The Morgan fingerprint density at radius 2 is 1.94 bits per heavy atom. The van der Waals surface area contributed by atoms with E-state index in [2.05, 4.69) is 16.5 Å². The van der Waals surface area contributed by atoms with Gasteiger partial charge in [0, 0.05) is 25.0 Å². The maximum Gasteiger partial charge on any atom is 0.407 e. The van der Waals surface area contributed by atoms with Crippen LogP contribution < -0.4 is 11.1 Å². The van der Waals surface area contributed by atoms with Crippen LogP contribution in [0, 0.1) is 22.6 Å². The van der Waals surface area contributed by atoms with Gasteiger partial charge in [0.1, 0.15) is 11.4 Å². The average molecular weight is 491 g/mol. The van der Waals surface area contributed by atoms with Crippen LogP contribution in [0.25, 0.3) is 0 Å². The van der Waals surface area contributed by atoms with Crippen LogP contribution >= 0.6 is 0 Å². The highest BCUT2D eigenvalue weighted by Crippen LogP contribution is 2.43. The van der Waals surface area contributed by atoms with Gasteiger partial charge in [-0.15, -0.1) is 0 Å². The third-order valence-corrected chi connectivity index (χ3v) is 6.63. The van der Waals surface area contributed by atoms with Crippen molar-refractivity contribution in [1.82, 2.24) is 14.7 Å². The first kappa shape index (κ1) is 24.7. The van der Waals surface area contributed by atoms with Crippen LogP contribution in [0.4, 0.5) is 20.7 Å². The molecule has 1 fully saturated rings. The molecule has 1 aliphatic heterocycles. The van der Waals surface area contributed by atoms with Gasteiger partial charge in [0.2, 0.25) is 0 Å². The van der Waals surface area contributed by atoms with Gasteiger partial charge in [0.05, 0.1) is 17.5 Å². The lowest BCUT2D eigenvalue weighted by atomic mass is 9.73. The minimum absolute atomic E-state index is 0.0325. The number of carboxylic acid groups (broad SMARTS) is 1. The molecule has 2 aromatic carbocycles. The molecule has 0 radical (unpaired) electrons. The third-order valence-electron chi connectivity index (χ3n) is 6.63. The summed E-state index contributed by atoms with van der Waals surface area (Å²) in [5.74, 6) is -0.924. The summed E-state index contributed by atoms with van der Waals surface area (Å²) in [4.78, 5) is 25.2. The number of nitriles is 1. The number of likely N-dealkylation sites (tertiary alicyclic amines) is 1. The molecular formula is C26H27FN6O3. The van der Waals surface area contributed by atoms with E-state index >= 15 is 0 Å². The number of primary amides is 1. The first-order valence-corrected chi connectivity index (χ1v) is 11.7. The number of nitrogens with one attached hydrogen (secondary N) is 1. The minimum atomic E-state index is -1.08. The predicted octanol–water partition coefficient (Wildman–Crippen LogP) is 4.32. The molecule has 36 heavy (non-hydrogen) atoms. The number of hydrogen-bond acceptors (Lipinski definition) is 5. The summed E-state index contributed by atoms with van der Waals surface area (Å²) in [6.07, 6.45) is 2.63. The number of amides is 2. The largest absolute Gasteiger partial charge is 0.465 e. The summed E-state index contributed by atoms with van der Waals surface area (Å²) in [6, 6.07) is 17.4. The molecule has 0 aliphatic carbocycles. The van der Waals surface area contributed by atoms with Crippen molar-refractivity contribution in [2.75, 3.05) is 18.4 Å². The molecule has 4 rings (SSSR count). The summed E-state index contributed by atoms with van der Waals surface area (Å²) >= 11 is 0. The number of aromatic nitrogens is 2. The lowest BCUT2D eigenvalue weighted by molar-refractivity contribution is 0.0579. The molecule has 0 saturated carbocycles. The lowest BCUT2D eigenvalue weighted by Gasteiger charge is -2.43. The van der Waals surface area contributed by atoms with Crippen molar-refractivity contribution in [3.8, 4) is 6.07 Å². The SMILES string of the molecule is N#C[C@]1(CCCc2ccccc2)CN(C(=O)O)CC[C@@H]1n1cc(C(N)=O)c(Nc2ccc(F)cc2)n1. The molecule has 2 heterocycles. The monoisotopic (exact) mass is 490 g/mol. The van der Waals surface area contributed by atoms with Crippen molar-refractivity contribution >= 4 is 23.5 Å². The van der Waals surface area contributed by atoms with Crippen LogP contribution in [0.5, 0.6) is 0 Å². The van der Waals surface area contributed by atoms with Gasteiger partial charge in [-0.1, -0.05) is 30.3 Å². The number of anilines is 2. The maximum absolute atomic E-state index is 13.3. The van der Waals surface area contributed by atoms with Gasteiger partial charge >= 0.3 is 6.09 Å². The molecule has 1 aliphatic rings. The second kappa shape index (κ2) is 10.5. The Labute approximate surface area is 207 Å². The number of nitrogens with zero attached hydrogens (tertiary/aromatic N) is 4. The summed E-state index contributed by atoms with van der Waals surface area (Å²) in [5, 5.41) is 27.5. The molecule has 1 aromatic heterocycles. The van der Waals surface area contributed by atoms with Gasteiger partial charge in [-0.05, 0) is 55.5 Å². The van der Waals surface area contributed by atoms with E-state index in [-0.39, 0.29) is 24.5 Å². The number of piperidine rings is 1. The van der Waals surface area contributed by atoms with E-state index in [9.17, 15) is 24.3 Å². The molecular weight excluding hydrogens is 463 g/mol. The zero-order valence-electron chi connectivity index (χ0n) is 19.6. The Hall–Kier alpha value is -4.39. The van der Waals surface area contributed by atoms with Gasteiger partial charge in [-0.3, -0.25) is 9.48 Å². The van der Waals surface area contributed by atoms with Crippen molar-refractivity contribution in [2.45, 2.75) is 31.7 Å². The van der Waals surface area contributed by atoms with Crippen molar-refractivity contribution in [1.29, 1.82) is 5.26 Å². The molecule has 3 aromatic rings. The molecule has 2 amide bonds. The molecule has 0 unspecified atom stereocenters. The number of rotatable bonds is 8. The minimum Gasteiger partial charge on any atom is -0.465 e. The molecule has 186 valence electrons. The van der Waals surface area contributed by atoms with E-state index in [4.69, 9.17) is 5.73 Å². The van der Waals surface area contributed by atoms with E-state index in [1.54, 1.807) is 4.68 Å². The van der Waals surface area contributed by atoms with E-state index < -0.39 is 29.3 Å². The van der Waals surface area contributed by atoms with Crippen LogP contribution in [-0.2, 0) is 6.42 Å². The number of benzene rings is 2. The van der Waals surface area contributed by atoms with Crippen LogP contribution in [0.15, 0.2) is 60.8 Å². The van der Waals surface area contributed by atoms with Gasteiger partial charge in [0.25, 0.3) is 5.91 Å². The predicted molar refractivity (Wildman–Crippen MR) is 131 cm³/mol. The smallest absolute Gasteiger partial charge is 0.407 e. The second-order valence-electron chi connectivity index (χ2n) is 8.98. The highest BCUT2D eigenvalue weighted by Gasteiger charge is 2.46. The number of hydrogen-bond donors (Lipinski definition) is 3. The first-order valence-electron chi connectivity index (χ1n) is 11.7. The Bertz CT molecular complexity index is 1270. The van der Waals surface area contributed by atoms with Crippen LogP contribution in [0.1, 0.15) is 41.2 Å². The van der Waals surface area contributed by atoms with Crippen LogP contribution in [0.3, 0.4) is 0 Å². The standard InChI is InChI=1S/C26H27FN6O3/c27-19-8-10-20(11-9-19)30-24-21(23(29)34)15-33(31-24)22-12-14-32(25(35)36)17-26(22,16-28)13-4-7-18-5-2-1-3-6-18/h1-3,5-6,8-11,15,22H,4,7,12-14,17H2,(H2,29,34)(H,30,31)(H,35,36)/t22-,26+/m0/s1. The van der Waals surface area contributed by atoms with Crippen molar-refractivity contribution in [3.05, 3.63) is 77.7 Å².